The Bertz CT molecular complexity index is 114. The molecule has 0 aromatic carbocycles. The monoisotopic (exact) mass is 232 g/mol. The summed E-state index contributed by atoms with van der Waals surface area (Å²) in [6.45, 7) is 0. The van der Waals surface area contributed by atoms with Gasteiger partial charge >= 0.3 is 10.4 Å². The molecular weight excluding hydrogens is 227 g/mol. The van der Waals surface area contributed by atoms with Crippen LogP contribution >= 0.6 is 0 Å². The molecule has 0 atom stereocenters. The van der Waals surface area contributed by atoms with Crippen LogP contribution < -0.4 is 0 Å². The van der Waals surface area contributed by atoms with Gasteiger partial charge in [-0.25, -0.2) is 0 Å². The maximum absolute atomic E-state index is 9.33. The molecule has 4 nitrogen and oxygen atoms in total. The van der Waals surface area contributed by atoms with Crippen LogP contribution in [0.5, 0.6) is 0 Å². The first kappa shape index (κ1) is 10.6. The van der Waals surface area contributed by atoms with E-state index in [1.165, 1.54) is 0 Å². The van der Waals surface area contributed by atoms with E-state index in [4.69, 9.17) is 4.55 Å². The predicted octanol–water partition coefficient (Wildman–Crippen LogP) is -0.945. The van der Waals surface area contributed by atoms with Gasteiger partial charge in [-0.3, -0.25) is 8.74 Å². The molecule has 0 saturated heterocycles. The molecule has 0 amide bonds. The van der Waals surface area contributed by atoms with Crippen LogP contribution in [0.2, 0.25) is 0 Å². The molecule has 1 N–H and O–H groups in total. The predicted molar refractivity (Wildman–Crippen MR) is 24.3 cm³/mol. The Morgan fingerprint density at radius 1 is 1.57 bits per heavy atom. The van der Waals surface area contributed by atoms with E-state index in [-0.39, 0.29) is 23.9 Å². The molecular formula is CH4O4SSn. The van der Waals surface area contributed by atoms with E-state index < -0.39 is 10.4 Å². The van der Waals surface area contributed by atoms with E-state index in [0.717, 1.165) is 7.11 Å². The van der Waals surface area contributed by atoms with Crippen molar-refractivity contribution in [3.8, 4) is 0 Å². The molecule has 0 spiro atoms. The summed E-state index contributed by atoms with van der Waals surface area (Å²) in [6.07, 6.45) is 0. The number of hydrogen-bond donors (Lipinski definition) is 1. The van der Waals surface area contributed by atoms with Gasteiger partial charge in [-0.05, 0) is 0 Å². The Kier molecular flexibility index (Phi) is 5.52. The van der Waals surface area contributed by atoms with Crippen LogP contribution in [0.25, 0.3) is 0 Å². The third-order valence-corrected chi connectivity index (χ3v) is 0.632. The van der Waals surface area contributed by atoms with Crippen molar-refractivity contribution in [2.24, 2.45) is 0 Å². The molecule has 0 aliphatic rings. The summed E-state index contributed by atoms with van der Waals surface area (Å²) >= 11 is 0. The van der Waals surface area contributed by atoms with Gasteiger partial charge in [0, 0.05) is 23.9 Å². The molecule has 4 radical (unpaired) electrons. The van der Waals surface area contributed by atoms with Crippen LogP contribution in [0.15, 0.2) is 0 Å². The molecule has 0 heterocycles. The molecule has 0 aliphatic carbocycles. The second-order valence-electron chi connectivity index (χ2n) is 0.594. The quantitative estimate of drug-likeness (QED) is 0.467. The average molecular weight is 231 g/mol. The standard InChI is InChI=1S/CH4O4S.Sn/c1-5-6(2,3)4;/h1H3,(H,2,3,4);. The molecule has 0 aliphatic heterocycles. The fourth-order valence-electron chi connectivity index (χ4n) is 0. The van der Waals surface area contributed by atoms with Crippen molar-refractivity contribution in [3.63, 3.8) is 0 Å². The van der Waals surface area contributed by atoms with E-state index >= 15 is 0 Å². The molecule has 7 heavy (non-hydrogen) atoms. The van der Waals surface area contributed by atoms with Crippen molar-refractivity contribution in [1.82, 2.24) is 0 Å². The zero-order valence-electron chi connectivity index (χ0n) is 3.58. The first-order valence-corrected chi connectivity index (χ1v) is 2.46. The summed E-state index contributed by atoms with van der Waals surface area (Å²) in [4.78, 5) is 0. The van der Waals surface area contributed by atoms with Crippen molar-refractivity contribution in [3.05, 3.63) is 0 Å². The summed E-state index contributed by atoms with van der Waals surface area (Å²) in [5, 5.41) is 0. The van der Waals surface area contributed by atoms with Gasteiger partial charge in [0.05, 0.1) is 7.11 Å². The normalized spacial score (nSPS) is 10.0. The van der Waals surface area contributed by atoms with Gasteiger partial charge in [0.2, 0.25) is 0 Å². The minimum Gasteiger partial charge on any atom is -0.264 e. The Balaban J connectivity index is 0. The molecule has 0 unspecified atom stereocenters. The fraction of sp³-hybridized carbons (Fsp3) is 1.00. The second kappa shape index (κ2) is 3.64. The number of hydrogen-bond acceptors (Lipinski definition) is 3. The van der Waals surface area contributed by atoms with Crippen molar-refractivity contribution < 1.29 is 17.2 Å². The third kappa shape index (κ3) is 10.8. The van der Waals surface area contributed by atoms with Crippen LogP contribution in [0.4, 0.5) is 0 Å². The van der Waals surface area contributed by atoms with Crippen molar-refractivity contribution in [2.45, 2.75) is 0 Å². The van der Waals surface area contributed by atoms with Crippen molar-refractivity contribution >= 4 is 34.3 Å². The van der Waals surface area contributed by atoms with Gasteiger partial charge in [-0.1, -0.05) is 0 Å². The fourth-order valence-corrected chi connectivity index (χ4v) is 0. The first-order valence-electron chi connectivity index (χ1n) is 1.09. The van der Waals surface area contributed by atoms with E-state index in [1.807, 2.05) is 0 Å². The first-order chi connectivity index (χ1) is 2.56. The molecule has 6 heteroatoms. The van der Waals surface area contributed by atoms with Crippen LogP contribution in [0, 0.1) is 0 Å². The minimum atomic E-state index is -4.16. The summed E-state index contributed by atoms with van der Waals surface area (Å²) in [6, 6.07) is 0. The smallest absolute Gasteiger partial charge is 0.264 e. The van der Waals surface area contributed by atoms with Gasteiger partial charge < -0.3 is 0 Å². The third-order valence-electron chi connectivity index (χ3n) is 0.211. The molecule has 0 aromatic heterocycles. The van der Waals surface area contributed by atoms with Crippen LogP contribution in [-0.2, 0) is 14.6 Å². The largest absolute Gasteiger partial charge is 0.397 e. The molecule has 0 bridgehead atoms. The minimum absolute atomic E-state index is 0. The number of rotatable bonds is 1. The van der Waals surface area contributed by atoms with E-state index in [1.54, 1.807) is 0 Å². The second-order valence-corrected chi connectivity index (χ2v) is 1.78. The van der Waals surface area contributed by atoms with Crippen LogP contribution in [-0.4, -0.2) is 44.0 Å². The van der Waals surface area contributed by atoms with E-state index in [2.05, 4.69) is 4.18 Å². The molecule has 0 fully saturated rings. The van der Waals surface area contributed by atoms with Crippen LogP contribution in [0.3, 0.4) is 0 Å². The topological polar surface area (TPSA) is 63.6 Å². The summed E-state index contributed by atoms with van der Waals surface area (Å²) in [5.74, 6) is 0. The molecule has 0 saturated carbocycles. The summed E-state index contributed by atoms with van der Waals surface area (Å²) in [5.41, 5.74) is 0. The molecule has 42 valence electrons. The Morgan fingerprint density at radius 3 is 1.71 bits per heavy atom. The summed E-state index contributed by atoms with van der Waals surface area (Å²) < 4.78 is 29.7. The van der Waals surface area contributed by atoms with Gasteiger partial charge in [-0.15, -0.1) is 0 Å². The van der Waals surface area contributed by atoms with E-state index in [0.29, 0.717) is 0 Å². The SMILES string of the molecule is COS(=O)(=O)O.[Sn]. The van der Waals surface area contributed by atoms with Gasteiger partial charge in [0.25, 0.3) is 0 Å². The van der Waals surface area contributed by atoms with E-state index in [9.17, 15) is 8.42 Å². The Labute approximate surface area is 58.8 Å². The Morgan fingerprint density at radius 2 is 1.71 bits per heavy atom. The maximum atomic E-state index is 9.33. The zero-order valence-corrected chi connectivity index (χ0v) is 7.25. The zero-order chi connectivity index (χ0) is 5.21. The van der Waals surface area contributed by atoms with Gasteiger partial charge in [0.15, 0.2) is 0 Å². The Hall–Kier alpha value is 0.669. The molecule has 0 rings (SSSR count). The molecule has 0 aromatic rings. The van der Waals surface area contributed by atoms with Gasteiger partial charge in [-0.2, -0.15) is 8.42 Å². The van der Waals surface area contributed by atoms with Gasteiger partial charge in [0.1, 0.15) is 0 Å². The van der Waals surface area contributed by atoms with Crippen LogP contribution in [0.1, 0.15) is 0 Å². The average Bonchev–Trinajstić information content (AvgIpc) is 1.35. The van der Waals surface area contributed by atoms with Crippen molar-refractivity contribution in [2.75, 3.05) is 7.11 Å². The summed E-state index contributed by atoms with van der Waals surface area (Å²) in [7, 11) is -3.29. The van der Waals surface area contributed by atoms with Crippen molar-refractivity contribution in [1.29, 1.82) is 0 Å². The maximum Gasteiger partial charge on any atom is 0.397 e.